The lowest BCUT2D eigenvalue weighted by Crippen LogP contribution is -2.13. The number of nitrogens with zero attached hydrogens (tertiary/aromatic N) is 1. The molecule has 4 aromatic carbocycles. The number of anilines is 1. The van der Waals surface area contributed by atoms with E-state index in [1.54, 1.807) is 30.3 Å². The van der Waals surface area contributed by atoms with E-state index in [4.69, 9.17) is 16.3 Å². The maximum absolute atomic E-state index is 12.8. The van der Waals surface area contributed by atoms with E-state index in [2.05, 4.69) is 10.1 Å². The van der Waals surface area contributed by atoms with Crippen molar-refractivity contribution in [3.63, 3.8) is 0 Å². The van der Waals surface area contributed by atoms with E-state index in [0.29, 0.717) is 34.2 Å². The number of amides is 1. The van der Waals surface area contributed by atoms with Crippen LogP contribution in [0.15, 0.2) is 90.5 Å². The summed E-state index contributed by atoms with van der Waals surface area (Å²) in [5.74, 6) is -0.610. The first kappa shape index (κ1) is 24.5. The third-order valence-electron chi connectivity index (χ3n) is 5.46. The van der Waals surface area contributed by atoms with Crippen LogP contribution in [0.2, 0.25) is 5.02 Å². The lowest BCUT2D eigenvalue weighted by molar-refractivity contribution is -0.112. The Hall–Kier alpha value is -4.60. The Morgan fingerprint density at radius 2 is 1.75 bits per heavy atom. The average Bonchev–Trinajstić information content (AvgIpc) is 2.91. The van der Waals surface area contributed by atoms with Crippen LogP contribution in [0.1, 0.15) is 21.5 Å². The minimum atomic E-state index is -0.608. The van der Waals surface area contributed by atoms with E-state index in [9.17, 15) is 14.9 Å². The maximum atomic E-state index is 12.8. The molecule has 0 heterocycles. The summed E-state index contributed by atoms with van der Waals surface area (Å²) in [5, 5.41) is 14.9. The van der Waals surface area contributed by atoms with Crippen LogP contribution in [0, 0.1) is 11.3 Å². The second-order valence-corrected chi connectivity index (χ2v) is 8.24. The fraction of sp³-hybridized carbons (Fsp3) is 0.0690. The van der Waals surface area contributed by atoms with Crippen molar-refractivity contribution in [1.82, 2.24) is 0 Å². The molecule has 7 heteroatoms. The molecule has 0 radical (unpaired) electrons. The van der Waals surface area contributed by atoms with Gasteiger partial charge in [0, 0.05) is 16.3 Å². The predicted molar refractivity (Wildman–Crippen MR) is 140 cm³/mol. The predicted octanol–water partition coefficient (Wildman–Crippen LogP) is 6.40. The molecule has 0 atom stereocenters. The van der Waals surface area contributed by atoms with Gasteiger partial charge in [0.05, 0.1) is 12.7 Å². The molecule has 0 aromatic heterocycles. The molecule has 0 aliphatic carbocycles. The van der Waals surface area contributed by atoms with Crippen molar-refractivity contribution in [3.8, 4) is 11.8 Å². The molecule has 0 aliphatic heterocycles. The van der Waals surface area contributed by atoms with Gasteiger partial charge in [-0.25, -0.2) is 4.79 Å². The van der Waals surface area contributed by atoms with Crippen molar-refractivity contribution >= 4 is 46.0 Å². The number of hydrogen-bond acceptors (Lipinski definition) is 5. The summed E-state index contributed by atoms with van der Waals surface area (Å²) < 4.78 is 10.8. The standard InChI is InChI=1S/C29H21ClN2O4/c1-35-29(34)20-9-12-25(13-10-20)32-28(33)23(17-31)15-22-16-24(30)11-14-27(22)36-18-21-7-4-6-19-5-2-3-8-26(19)21/h2-16H,18H2,1H3,(H,32,33)/b23-15+. The summed E-state index contributed by atoms with van der Waals surface area (Å²) in [6, 6.07) is 27.1. The molecule has 0 fully saturated rings. The Bertz CT molecular complexity index is 1500. The SMILES string of the molecule is COC(=O)c1ccc(NC(=O)/C(C#N)=C/c2cc(Cl)ccc2OCc2cccc3ccccc23)cc1. The van der Waals surface area contributed by atoms with Crippen molar-refractivity contribution < 1.29 is 19.1 Å². The third kappa shape index (κ3) is 5.72. The molecule has 1 amide bonds. The van der Waals surface area contributed by atoms with Crippen LogP contribution < -0.4 is 10.1 Å². The van der Waals surface area contributed by atoms with Crippen LogP contribution in [0.3, 0.4) is 0 Å². The van der Waals surface area contributed by atoms with Gasteiger partial charge in [-0.1, -0.05) is 54.1 Å². The molecule has 6 nitrogen and oxygen atoms in total. The molecule has 4 aromatic rings. The van der Waals surface area contributed by atoms with Crippen LogP contribution in [0.5, 0.6) is 5.75 Å². The number of nitriles is 1. The van der Waals surface area contributed by atoms with Gasteiger partial charge >= 0.3 is 5.97 Å². The molecule has 178 valence electrons. The lowest BCUT2D eigenvalue weighted by Gasteiger charge is -2.12. The second kappa shape index (κ2) is 11.2. The minimum absolute atomic E-state index is 0.135. The number of halogens is 1. The molecule has 0 aliphatic rings. The summed E-state index contributed by atoms with van der Waals surface area (Å²) in [6.45, 7) is 0.296. The number of carbonyl (C=O) groups excluding carboxylic acids is 2. The zero-order chi connectivity index (χ0) is 25.5. The highest BCUT2D eigenvalue weighted by Crippen LogP contribution is 2.28. The Labute approximate surface area is 213 Å². The highest BCUT2D eigenvalue weighted by Gasteiger charge is 2.13. The van der Waals surface area contributed by atoms with Crippen LogP contribution in [0.25, 0.3) is 16.8 Å². The molecule has 0 spiro atoms. The van der Waals surface area contributed by atoms with Crippen molar-refractivity contribution in [2.24, 2.45) is 0 Å². The number of methoxy groups -OCH3 is 1. The topological polar surface area (TPSA) is 88.4 Å². The van der Waals surface area contributed by atoms with E-state index in [1.807, 2.05) is 48.5 Å². The molecule has 4 rings (SSSR count). The molecule has 1 N–H and O–H groups in total. The average molecular weight is 497 g/mol. The zero-order valence-corrected chi connectivity index (χ0v) is 20.1. The number of carbonyl (C=O) groups is 2. The van der Waals surface area contributed by atoms with Gasteiger partial charge in [0.25, 0.3) is 5.91 Å². The van der Waals surface area contributed by atoms with Crippen LogP contribution >= 0.6 is 11.6 Å². The summed E-state index contributed by atoms with van der Waals surface area (Å²) in [7, 11) is 1.29. The number of ether oxygens (including phenoxy) is 2. The molecule has 0 saturated heterocycles. The highest BCUT2D eigenvalue weighted by molar-refractivity contribution is 6.30. The molecule has 36 heavy (non-hydrogen) atoms. The molecule has 0 saturated carbocycles. The van der Waals surface area contributed by atoms with E-state index < -0.39 is 11.9 Å². The van der Waals surface area contributed by atoms with E-state index in [0.717, 1.165) is 16.3 Å². The summed E-state index contributed by atoms with van der Waals surface area (Å²) in [5.41, 5.74) is 2.14. The number of benzene rings is 4. The third-order valence-corrected chi connectivity index (χ3v) is 5.70. The quantitative estimate of drug-likeness (QED) is 0.181. The van der Waals surface area contributed by atoms with Crippen molar-refractivity contribution in [2.45, 2.75) is 6.61 Å². The van der Waals surface area contributed by atoms with Crippen LogP contribution in [-0.2, 0) is 16.1 Å². The van der Waals surface area contributed by atoms with Crippen molar-refractivity contribution in [2.75, 3.05) is 12.4 Å². The van der Waals surface area contributed by atoms with Crippen molar-refractivity contribution in [3.05, 3.63) is 112 Å². The first-order valence-electron chi connectivity index (χ1n) is 11.0. The van der Waals surface area contributed by atoms with Gasteiger partial charge in [0.2, 0.25) is 0 Å². The number of esters is 1. The van der Waals surface area contributed by atoms with Gasteiger partial charge in [-0.05, 0) is 64.9 Å². The number of rotatable bonds is 7. The Morgan fingerprint density at radius 3 is 2.50 bits per heavy atom. The first-order chi connectivity index (χ1) is 17.5. The fourth-order valence-corrected chi connectivity index (χ4v) is 3.83. The summed E-state index contributed by atoms with van der Waals surface area (Å²) in [4.78, 5) is 24.4. The van der Waals surface area contributed by atoms with Gasteiger partial charge in [0.1, 0.15) is 24.0 Å². The molecular formula is C29H21ClN2O4. The zero-order valence-electron chi connectivity index (χ0n) is 19.3. The normalized spacial score (nSPS) is 11.0. The number of fused-ring (bicyclic) bond motifs is 1. The van der Waals surface area contributed by atoms with Gasteiger partial charge in [-0.15, -0.1) is 0 Å². The van der Waals surface area contributed by atoms with E-state index in [-0.39, 0.29) is 5.57 Å². The largest absolute Gasteiger partial charge is 0.488 e. The van der Waals surface area contributed by atoms with Gasteiger partial charge in [0.15, 0.2) is 0 Å². The number of hydrogen-bond donors (Lipinski definition) is 1. The Morgan fingerprint density at radius 1 is 1.00 bits per heavy atom. The minimum Gasteiger partial charge on any atom is -0.488 e. The van der Waals surface area contributed by atoms with Crippen LogP contribution in [0.4, 0.5) is 5.69 Å². The van der Waals surface area contributed by atoms with Crippen LogP contribution in [-0.4, -0.2) is 19.0 Å². The second-order valence-electron chi connectivity index (χ2n) is 7.80. The summed E-state index contributed by atoms with van der Waals surface area (Å²) >= 11 is 6.19. The molecular weight excluding hydrogens is 476 g/mol. The molecule has 0 unspecified atom stereocenters. The fourth-order valence-electron chi connectivity index (χ4n) is 3.65. The number of nitrogens with one attached hydrogen (secondary N) is 1. The highest BCUT2D eigenvalue weighted by atomic mass is 35.5. The lowest BCUT2D eigenvalue weighted by atomic mass is 10.1. The Kier molecular flexibility index (Phi) is 7.64. The Balaban J connectivity index is 1.55. The van der Waals surface area contributed by atoms with Crippen molar-refractivity contribution in [1.29, 1.82) is 5.26 Å². The monoisotopic (exact) mass is 496 g/mol. The van der Waals surface area contributed by atoms with E-state index in [1.165, 1.54) is 25.3 Å². The first-order valence-corrected chi connectivity index (χ1v) is 11.4. The molecule has 0 bridgehead atoms. The smallest absolute Gasteiger partial charge is 0.337 e. The summed E-state index contributed by atoms with van der Waals surface area (Å²) in [6.07, 6.45) is 1.43. The maximum Gasteiger partial charge on any atom is 0.337 e. The van der Waals surface area contributed by atoms with E-state index >= 15 is 0 Å². The van der Waals surface area contributed by atoms with Gasteiger partial charge < -0.3 is 14.8 Å². The van der Waals surface area contributed by atoms with Gasteiger partial charge in [-0.3, -0.25) is 4.79 Å². The van der Waals surface area contributed by atoms with Gasteiger partial charge in [-0.2, -0.15) is 5.26 Å².